The number of carbonyl (C=O) groups is 2. The van der Waals surface area contributed by atoms with Gasteiger partial charge in [0, 0.05) is 35.0 Å². The van der Waals surface area contributed by atoms with Crippen LogP contribution in [0.2, 0.25) is 0 Å². The van der Waals surface area contributed by atoms with Crippen LogP contribution in [0.25, 0.3) is 0 Å². The first-order valence-electron chi connectivity index (χ1n) is 12.4. The number of carbonyl (C=O) groups excluding carboxylic acids is 2. The highest BCUT2D eigenvalue weighted by molar-refractivity contribution is 7.98. The standard InChI is InChI=1S/C27H23F2N3O7S/c1-36-27(35)39-14-38-24-19(33)9-11-31-23(24)25(34)30-10-4-12-37-26(30)32(31)22-15-7-8-18(28)21(29)17(15)13-40-20-6-3-2-5-16(20)22/h2-3,5-9,11,22,26H,4,10,12-14H2,1H3/t22-,26+/m0/s1. The number of thioether (sulfide) groups is 1. The Morgan fingerprint density at radius 3 is 2.77 bits per heavy atom. The van der Waals surface area contributed by atoms with Crippen LogP contribution in [0.1, 0.15) is 39.6 Å². The zero-order valence-corrected chi connectivity index (χ0v) is 22.0. The summed E-state index contributed by atoms with van der Waals surface area (Å²) in [5.74, 6) is -2.59. The molecule has 3 aliphatic heterocycles. The van der Waals surface area contributed by atoms with E-state index in [0.717, 1.165) is 23.6 Å². The van der Waals surface area contributed by atoms with Gasteiger partial charge in [0.2, 0.25) is 24.3 Å². The molecule has 0 saturated carbocycles. The van der Waals surface area contributed by atoms with E-state index in [-0.39, 0.29) is 22.8 Å². The van der Waals surface area contributed by atoms with E-state index in [4.69, 9.17) is 14.2 Å². The molecule has 3 aromatic rings. The van der Waals surface area contributed by atoms with Crippen molar-refractivity contribution in [3.8, 4) is 5.75 Å². The predicted molar refractivity (Wildman–Crippen MR) is 138 cm³/mol. The fourth-order valence-corrected chi connectivity index (χ4v) is 6.34. The van der Waals surface area contributed by atoms with Gasteiger partial charge < -0.3 is 18.9 Å². The smallest absolute Gasteiger partial charge is 0.451 e. The Morgan fingerprint density at radius 1 is 1.12 bits per heavy atom. The van der Waals surface area contributed by atoms with E-state index in [1.165, 1.54) is 39.7 Å². The van der Waals surface area contributed by atoms with Crippen molar-refractivity contribution < 1.29 is 37.3 Å². The summed E-state index contributed by atoms with van der Waals surface area (Å²) in [6, 6.07) is 10.6. The molecule has 2 atom stereocenters. The van der Waals surface area contributed by atoms with E-state index in [1.54, 1.807) is 5.01 Å². The summed E-state index contributed by atoms with van der Waals surface area (Å²) in [6.45, 7) is -0.0120. The van der Waals surface area contributed by atoms with Gasteiger partial charge in [-0.05, 0) is 29.7 Å². The van der Waals surface area contributed by atoms with Crippen molar-refractivity contribution in [3.63, 3.8) is 0 Å². The highest BCUT2D eigenvalue weighted by Gasteiger charge is 2.47. The molecule has 13 heteroatoms. The molecule has 0 radical (unpaired) electrons. The largest absolute Gasteiger partial charge is 0.510 e. The van der Waals surface area contributed by atoms with E-state index in [2.05, 4.69) is 4.74 Å². The van der Waals surface area contributed by atoms with Crippen LogP contribution in [0.3, 0.4) is 0 Å². The maximum atomic E-state index is 15.2. The van der Waals surface area contributed by atoms with Crippen molar-refractivity contribution in [1.82, 2.24) is 9.58 Å². The first-order valence-corrected chi connectivity index (χ1v) is 13.4. The quantitative estimate of drug-likeness (QED) is 0.343. The SMILES string of the molecule is COC(=O)OCOc1c2n(ccc1=O)N([C@@H]1c3ccccc3SCc3c1ccc(F)c3F)[C@@H]1OCCCN1C2=O. The van der Waals surface area contributed by atoms with E-state index >= 15 is 4.39 Å². The Kier molecular flexibility index (Phi) is 6.84. The summed E-state index contributed by atoms with van der Waals surface area (Å²) in [5.41, 5.74) is 0.717. The number of nitrogens with zero attached hydrogens (tertiary/aromatic N) is 3. The van der Waals surface area contributed by atoms with Crippen molar-refractivity contribution in [2.75, 3.05) is 32.1 Å². The third kappa shape index (κ3) is 4.25. The second-order valence-corrected chi connectivity index (χ2v) is 10.2. The molecule has 1 aromatic heterocycles. The number of pyridine rings is 1. The molecule has 0 aliphatic carbocycles. The Morgan fingerprint density at radius 2 is 1.95 bits per heavy atom. The summed E-state index contributed by atoms with van der Waals surface area (Å²) in [6.07, 6.45) is -0.000151. The zero-order valence-electron chi connectivity index (χ0n) is 21.2. The number of hydrogen-bond acceptors (Lipinski definition) is 9. The number of amides is 1. The monoisotopic (exact) mass is 571 g/mol. The zero-order chi connectivity index (χ0) is 28.0. The lowest BCUT2D eigenvalue weighted by Gasteiger charge is -2.51. The molecular formula is C27H23F2N3O7S. The second kappa shape index (κ2) is 10.5. The average molecular weight is 572 g/mol. The molecule has 1 amide bonds. The number of benzene rings is 2. The molecule has 0 bridgehead atoms. The summed E-state index contributed by atoms with van der Waals surface area (Å²) in [5, 5.41) is 1.73. The van der Waals surface area contributed by atoms with Gasteiger partial charge in [0.05, 0.1) is 13.7 Å². The number of ether oxygens (including phenoxy) is 4. The first-order chi connectivity index (χ1) is 19.4. The lowest BCUT2D eigenvalue weighted by atomic mass is 9.93. The summed E-state index contributed by atoms with van der Waals surface area (Å²) >= 11 is 1.38. The minimum Gasteiger partial charge on any atom is -0.451 e. The number of rotatable bonds is 4. The molecule has 1 saturated heterocycles. The summed E-state index contributed by atoms with van der Waals surface area (Å²) in [4.78, 5) is 40.5. The van der Waals surface area contributed by atoms with E-state index in [9.17, 15) is 18.8 Å². The number of methoxy groups -OCH3 is 1. The molecule has 6 rings (SSSR count). The van der Waals surface area contributed by atoms with Gasteiger partial charge in [-0.1, -0.05) is 24.3 Å². The van der Waals surface area contributed by atoms with Crippen LogP contribution in [0.4, 0.5) is 13.6 Å². The van der Waals surface area contributed by atoms with Gasteiger partial charge in [-0.25, -0.2) is 13.6 Å². The van der Waals surface area contributed by atoms with Gasteiger partial charge in [-0.2, -0.15) is 0 Å². The molecule has 0 spiro atoms. The number of aromatic nitrogens is 1. The predicted octanol–water partition coefficient (Wildman–Crippen LogP) is 3.74. The summed E-state index contributed by atoms with van der Waals surface area (Å²) in [7, 11) is 1.12. The Bertz CT molecular complexity index is 1570. The van der Waals surface area contributed by atoms with Crippen LogP contribution in [-0.4, -0.2) is 55.0 Å². The molecule has 208 valence electrons. The highest BCUT2D eigenvalue weighted by atomic mass is 32.2. The van der Waals surface area contributed by atoms with Crippen LogP contribution in [-0.2, 0) is 20.0 Å². The molecule has 10 nitrogen and oxygen atoms in total. The summed E-state index contributed by atoms with van der Waals surface area (Å²) < 4.78 is 52.0. The lowest BCUT2D eigenvalue weighted by Crippen LogP contribution is -2.65. The lowest BCUT2D eigenvalue weighted by molar-refractivity contribution is -0.100. The van der Waals surface area contributed by atoms with Crippen LogP contribution in [0.15, 0.2) is 58.4 Å². The molecule has 2 aromatic carbocycles. The van der Waals surface area contributed by atoms with Gasteiger partial charge in [0.15, 0.2) is 17.3 Å². The van der Waals surface area contributed by atoms with Crippen LogP contribution in [0.5, 0.6) is 5.75 Å². The van der Waals surface area contributed by atoms with Crippen LogP contribution in [0, 0.1) is 11.6 Å². The topological polar surface area (TPSA) is 99.5 Å². The van der Waals surface area contributed by atoms with Crippen molar-refractivity contribution in [2.24, 2.45) is 0 Å². The number of hydrogen-bond donors (Lipinski definition) is 0. The molecule has 0 N–H and O–H groups in total. The molecule has 4 heterocycles. The third-order valence-corrected chi connectivity index (χ3v) is 8.09. The normalized spacial score (nSPS) is 19.5. The van der Waals surface area contributed by atoms with Crippen LogP contribution < -0.4 is 15.2 Å². The van der Waals surface area contributed by atoms with E-state index < -0.39 is 48.3 Å². The van der Waals surface area contributed by atoms with Gasteiger partial charge in [0.25, 0.3) is 5.91 Å². The molecule has 40 heavy (non-hydrogen) atoms. The second-order valence-electron chi connectivity index (χ2n) is 9.15. The minimum atomic E-state index is -1.03. The highest BCUT2D eigenvalue weighted by Crippen LogP contribution is 2.45. The van der Waals surface area contributed by atoms with Crippen molar-refractivity contribution in [1.29, 1.82) is 0 Å². The van der Waals surface area contributed by atoms with Crippen molar-refractivity contribution in [3.05, 3.63) is 92.9 Å². The van der Waals surface area contributed by atoms with E-state index in [0.29, 0.717) is 25.1 Å². The Balaban J connectivity index is 1.58. The van der Waals surface area contributed by atoms with Gasteiger partial charge in [-0.15, -0.1) is 11.8 Å². The van der Waals surface area contributed by atoms with E-state index in [1.807, 2.05) is 24.3 Å². The molecule has 3 aliphatic rings. The number of halogens is 2. The van der Waals surface area contributed by atoms with Gasteiger partial charge >= 0.3 is 6.16 Å². The number of fused-ring (bicyclic) bond motifs is 4. The third-order valence-electron chi connectivity index (χ3n) is 6.97. The van der Waals surface area contributed by atoms with Crippen molar-refractivity contribution >= 4 is 23.8 Å². The van der Waals surface area contributed by atoms with Gasteiger partial charge in [0.1, 0.15) is 6.04 Å². The first kappa shape index (κ1) is 26.1. The fourth-order valence-electron chi connectivity index (χ4n) is 5.22. The molecule has 1 fully saturated rings. The maximum Gasteiger partial charge on any atom is 0.510 e. The minimum absolute atomic E-state index is 0.124. The van der Waals surface area contributed by atoms with Crippen molar-refractivity contribution in [2.45, 2.75) is 29.5 Å². The Hall–Kier alpha value is -4.10. The molecule has 0 unspecified atom stereocenters. The van der Waals surface area contributed by atoms with Gasteiger partial charge in [-0.3, -0.25) is 24.2 Å². The Labute approximate surface area is 230 Å². The fraction of sp³-hybridized carbons (Fsp3) is 0.296. The van der Waals surface area contributed by atoms with Crippen LogP contribution >= 0.6 is 11.8 Å². The molecular weight excluding hydrogens is 548 g/mol. The average Bonchev–Trinajstić information content (AvgIpc) is 3.13. The maximum absolute atomic E-state index is 15.2.